The predicted molar refractivity (Wildman–Crippen MR) is 138 cm³/mol. The zero-order chi connectivity index (χ0) is 25.0. The number of Topliss-reactive ketones (excluding diaryl/α,β-unsaturated/α-hetero) is 2. The van der Waals surface area contributed by atoms with Crippen LogP contribution in [0, 0.1) is 10.8 Å². The predicted octanol–water partition coefficient (Wildman–Crippen LogP) is 6.58. The van der Waals surface area contributed by atoms with Gasteiger partial charge in [-0.2, -0.15) is 0 Å². The molecular formula is C31H35NO3. The number of ether oxygens (including phenoxy) is 1. The minimum atomic E-state index is -0.315. The molecule has 4 nitrogen and oxygen atoms in total. The van der Waals surface area contributed by atoms with E-state index in [1.807, 2.05) is 30.3 Å². The molecule has 0 N–H and O–H groups in total. The summed E-state index contributed by atoms with van der Waals surface area (Å²) in [7, 11) is 1.65. The second kappa shape index (κ2) is 8.51. The summed E-state index contributed by atoms with van der Waals surface area (Å²) in [5.74, 6) is 0.787. The van der Waals surface area contributed by atoms with E-state index in [4.69, 9.17) is 4.74 Å². The Kier molecular flexibility index (Phi) is 5.74. The monoisotopic (exact) mass is 469 g/mol. The van der Waals surface area contributed by atoms with E-state index in [1.54, 1.807) is 7.11 Å². The van der Waals surface area contributed by atoms with Crippen molar-refractivity contribution in [2.24, 2.45) is 10.8 Å². The molecule has 0 spiro atoms. The maximum Gasteiger partial charge on any atom is 0.162 e. The molecule has 2 aromatic carbocycles. The van der Waals surface area contributed by atoms with Crippen LogP contribution in [0.25, 0.3) is 0 Å². The van der Waals surface area contributed by atoms with Crippen LogP contribution in [0.2, 0.25) is 0 Å². The average molecular weight is 470 g/mol. The summed E-state index contributed by atoms with van der Waals surface area (Å²) < 4.78 is 5.38. The largest absolute Gasteiger partial charge is 0.497 e. The maximum atomic E-state index is 13.8. The lowest BCUT2D eigenvalue weighted by molar-refractivity contribution is -0.119. The van der Waals surface area contributed by atoms with Gasteiger partial charge in [-0.25, -0.2) is 0 Å². The quantitative estimate of drug-likeness (QED) is 0.507. The first kappa shape index (κ1) is 23.6. The van der Waals surface area contributed by atoms with Crippen molar-refractivity contribution in [2.45, 2.75) is 65.8 Å². The number of carbonyl (C=O) groups is 2. The Hall–Kier alpha value is -3.14. The lowest BCUT2D eigenvalue weighted by Gasteiger charge is -2.49. The van der Waals surface area contributed by atoms with Crippen molar-refractivity contribution in [1.29, 1.82) is 0 Å². The Morgan fingerprint density at radius 3 is 1.77 bits per heavy atom. The Balaban J connectivity index is 1.74. The first-order valence-corrected chi connectivity index (χ1v) is 12.6. The summed E-state index contributed by atoms with van der Waals surface area (Å²) in [6.07, 6.45) is 2.64. The molecule has 0 atom stereocenters. The van der Waals surface area contributed by atoms with E-state index in [-0.39, 0.29) is 28.3 Å². The minimum absolute atomic E-state index is 0.123. The van der Waals surface area contributed by atoms with E-state index in [0.717, 1.165) is 46.7 Å². The third kappa shape index (κ3) is 4.35. The van der Waals surface area contributed by atoms with Crippen LogP contribution in [0.1, 0.15) is 70.4 Å². The van der Waals surface area contributed by atoms with E-state index in [0.29, 0.717) is 19.4 Å². The zero-order valence-electron chi connectivity index (χ0n) is 21.5. The minimum Gasteiger partial charge on any atom is -0.497 e. The van der Waals surface area contributed by atoms with Gasteiger partial charge in [0.2, 0.25) is 0 Å². The maximum absolute atomic E-state index is 13.8. The Morgan fingerprint density at radius 2 is 1.29 bits per heavy atom. The highest BCUT2D eigenvalue weighted by Crippen LogP contribution is 2.54. The van der Waals surface area contributed by atoms with Gasteiger partial charge in [-0.1, -0.05) is 70.2 Å². The molecule has 1 aliphatic heterocycles. The average Bonchev–Trinajstić information content (AvgIpc) is 2.79. The molecule has 0 aromatic heterocycles. The van der Waals surface area contributed by atoms with Crippen molar-refractivity contribution >= 4 is 11.6 Å². The van der Waals surface area contributed by atoms with Gasteiger partial charge in [0, 0.05) is 47.8 Å². The Morgan fingerprint density at radius 1 is 0.771 bits per heavy atom. The number of hydrogen-bond acceptors (Lipinski definition) is 4. The lowest BCUT2D eigenvalue weighted by Crippen LogP contribution is -2.44. The SMILES string of the molecule is COc1ccc(C2C3=C(CC(C)(C)CC3=O)N(Cc3ccccc3)C3=C2C(=O)CC(C)(C)C3)cc1. The number of carbonyl (C=O) groups excluding carboxylic acids is 2. The molecule has 0 fully saturated rings. The number of hydrogen-bond donors (Lipinski definition) is 0. The molecule has 0 radical (unpaired) electrons. The van der Waals surface area contributed by atoms with Crippen LogP contribution in [0.5, 0.6) is 5.75 Å². The summed E-state index contributed by atoms with van der Waals surface area (Å²) in [5.41, 5.74) is 5.75. The fourth-order valence-corrected chi connectivity index (χ4v) is 6.13. The van der Waals surface area contributed by atoms with Crippen LogP contribution in [-0.4, -0.2) is 23.6 Å². The van der Waals surface area contributed by atoms with Gasteiger partial charge in [0.25, 0.3) is 0 Å². The van der Waals surface area contributed by atoms with E-state index < -0.39 is 0 Å². The van der Waals surface area contributed by atoms with Gasteiger partial charge in [0.05, 0.1) is 7.11 Å². The summed E-state index contributed by atoms with van der Waals surface area (Å²) in [4.78, 5) is 30.0. The van der Waals surface area contributed by atoms with Gasteiger partial charge >= 0.3 is 0 Å². The second-order valence-corrected chi connectivity index (χ2v) is 11.9. The third-order valence-corrected chi connectivity index (χ3v) is 7.65. The molecule has 2 aliphatic carbocycles. The van der Waals surface area contributed by atoms with Gasteiger partial charge in [0.15, 0.2) is 11.6 Å². The van der Waals surface area contributed by atoms with Crippen molar-refractivity contribution in [1.82, 2.24) is 4.90 Å². The molecule has 0 amide bonds. The molecule has 3 aliphatic rings. The van der Waals surface area contributed by atoms with Gasteiger partial charge in [0.1, 0.15) is 5.75 Å². The van der Waals surface area contributed by atoms with Gasteiger partial charge in [-0.15, -0.1) is 0 Å². The van der Waals surface area contributed by atoms with Crippen LogP contribution in [-0.2, 0) is 16.1 Å². The molecule has 0 bridgehead atoms. The highest BCUT2D eigenvalue weighted by molar-refractivity contribution is 6.06. The smallest absolute Gasteiger partial charge is 0.162 e. The molecule has 5 rings (SSSR count). The Labute approximate surface area is 208 Å². The third-order valence-electron chi connectivity index (χ3n) is 7.65. The number of benzene rings is 2. The summed E-state index contributed by atoms with van der Waals surface area (Å²) in [6, 6.07) is 18.3. The molecule has 0 saturated heterocycles. The fraction of sp³-hybridized carbons (Fsp3) is 0.419. The standard InChI is InChI=1S/C31H35NO3/c1-30(2)15-23-28(25(33)17-30)27(21-11-13-22(35-5)14-12-21)29-24(16-31(3,4)18-26(29)34)32(23)19-20-9-7-6-8-10-20/h6-14,27H,15-19H2,1-5H3. The number of nitrogens with zero attached hydrogens (tertiary/aromatic N) is 1. The van der Waals surface area contributed by atoms with Crippen molar-refractivity contribution in [3.8, 4) is 5.75 Å². The first-order chi connectivity index (χ1) is 16.6. The van der Waals surface area contributed by atoms with Gasteiger partial charge < -0.3 is 9.64 Å². The van der Waals surface area contributed by atoms with E-state index in [2.05, 4.69) is 56.9 Å². The molecule has 2 aromatic rings. The second-order valence-electron chi connectivity index (χ2n) is 11.9. The topological polar surface area (TPSA) is 46.6 Å². The molecule has 1 heterocycles. The van der Waals surface area contributed by atoms with Crippen molar-refractivity contribution in [2.75, 3.05) is 7.11 Å². The number of allylic oxidation sites excluding steroid dienone is 4. The van der Waals surface area contributed by atoms with Crippen LogP contribution < -0.4 is 4.74 Å². The van der Waals surface area contributed by atoms with E-state index >= 15 is 0 Å². The number of methoxy groups -OCH3 is 1. The summed E-state index contributed by atoms with van der Waals surface area (Å²) >= 11 is 0. The van der Waals surface area contributed by atoms with Crippen molar-refractivity contribution in [3.63, 3.8) is 0 Å². The molecule has 4 heteroatoms. The summed E-state index contributed by atoms with van der Waals surface area (Å²) in [6.45, 7) is 9.38. The van der Waals surface area contributed by atoms with Gasteiger partial charge in [-0.05, 0) is 46.9 Å². The van der Waals surface area contributed by atoms with Crippen LogP contribution >= 0.6 is 0 Å². The molecule has 0 unspecified atom stereocenters. The molecule has 182 valence electrons. The number of rotatable bonds is 4. The van der Waals surface area contributed by atoms with Crippen LogP contribution in [0.4, 0.5) is 0 Å². The molecule has 35 heavy (non-hydrogen) atoms. The van der Waals surface area contributed by atoms with Gasteiger partial charge in [-0.3, -0.25) is 9.59 Å². The highest BCUT2D eigenvalue weighted by atomic mass is 16.5. The zero-order valence-corrected chi connectivity index (χ0v) is 21.5. The van der Waals surface area contributed by atoms with E-state index in [1.165, 1.54) is 5.56 Å². The normalized spacial score (nSPS) is 21.7. The van der Waals surface area contributed by atoms with Crippen LogP contribution in [0.3, 0.4) is 0 Å². The molecule has 0 saturated carbocycles. The number of ketones is 2. The highest BCUT2D eigenvalue weighted by Gasteiger charge is 2.48. The Bertz CT molecular complexity index is 1180. The molecular weight excluding hydrogens is 434 g/mol. The van der Waals surface area contributed by atoms with E-state index in [9.17, 15) is 9.59 Å². The lowest BCUT2D eigenvalue weighted by atomic mass is 9.63. The van der Waals surface area contributed by atoms with Crippen molar-refractivity contribution < 1.29 is 14.3 Å². The van der Waals surface area contributed by atoms with Crippen molar-refractivity contribution in [3.05, 3.63) is 88.3 Å². The summed E-state index contributed by atoms with van der Waals surface area (Å²) in [5, 5.41) is 0. The van der Waals surface area contributed by atoms with Crippen LogP contribution in [0.15, 0.2) is 77.1 Å². The fourth-order valence-electron chi connectivity index (χ4n) is 6.13. The first-order valence-electron chi connectivity index (χ1n) is 12.6.